The van der Waals surface area contributed by atoms with Crippen LogP contribution in [0.25, 0.3) is 0 Å². The predicted octanol–water partition coefficient (Wildman–Crippen LogP) is 2.01. The summed E-state index contributed by atoms with van der Waals surface area (Å²) in [6, 6.07) is 15.9. The molecule has 1 unspecified atom stereocenters. The van der Waals surface area contributed by atoms with Crippen molar-refractivity contribution < 1.29 is 9.90 Å². The standard InChI is InChI=1S/C14H13NO2/c15-14(17)13(10-6-2-1-3-7-10)11-8-4-5-9-12(11)16/h1-9,13,16H,(H2,15,17). The van der Waals surface area contributed by atoms with Crippen molar-refractivity contribution in [3.05, 3.63) is 65.7 Å². The van der Waals surface area contributed by atoms with Crippen LogP contribution in [0, 0.1) is 0 Å². The molecule has 17 heavy (non-hydrogen) atoms. The van der Waals surface area contributed by atoms with Crippen LogP contribution in [0.5, 0.6) is 5.75 Å². The topological polar surface area (TPSA) is 63.3 Å². The summed E-state index contributed by atoms with van der Waals surface area (Å²) in [5, 5.41) is 9.78. The monoisotopic (exact) mass is 227 g/mol. The second-order valence-electron chi connectivity index (χ2n) is 3.80. The molecule has 0 aliphatic carbocycles. The lowest BCUT2D eigenvalue weighted by Crippen LogP contribution is -2.22. The summed E-state index contributed by atoms with van der Waals surface area (Å²) in [6.45, 7) is 0. The van der Waals surface area contributed by atoms with E-state index in [9.17, 15) is 9.90 Å². The van der Waals surface area contributed by atoms with E-state index in [0.717, 1.165) is 5.56 Å². The Bertz CT molecular complexity index is 523. The minimum Gasteiger partial charge on any atom is -0.508 e. The van der Waals surface area contributed by atoms with Crippen molar-refractivity contribution in [1.29, 1.82) is 0 Å². The van der Waals surface area contributed by atoms with Gasteiger partial charge in [-0.3, -0.25) is 4.79 Å². The van der Waals surface area contributed by atoms with E-state index in [4.69, 9.17) is 5.73 Å². The van der Waals surface area contributed by atoms with Gasteiger partial charge in [0, 0.05) is 5.56 Å². The Hall–Kier alpha value is -2.29. The third-order valence-electron chi connectivity index (χ3n) is 2.67. The van der Waals surface area contributed by atoms with E-state index in [1.165, 1.54) is 0 Å². The average Bonchev–Trinajstić information content (AvgIpc) is 2.33. The summed E-state index contributed by atoms with van der Waals surface area (Å²) in [5.41, 5.74) is 6.73. The summed E-state index contributed by atoms with van der Waals surface area (Å²) < 4.78 is 0. The van der Waals surface area contributed by atoms with Crippen molar-refractivity contribution in [3.8, 4) is 5.75 Å². The first-order chi connectivity index (χ1) is 8.20. The van der Waals surface area contributed by atoms with Gasteiger partial charge in [0.1, 0.15) is 5.75 Å². The molecular formula is C14H13NO2. The lowest BCUT2D eigenvalue weighted by Gasteiger charge is -2.15. The van der Waals surface area contributed by atoms with Gasteiger partial charge in [-0.25, -0.2) is 0 Å². The largest absolute Gasteiger partial charge is 0.508 e. The maximum atomic E-state index is 11.6. The van der Waals surface area contributed by atoms with E-state index >= 15 is 0 Å². The molecule has 0 saturated carbocycles. The fourth-order valence-electron chi connectivity index (χ4n) is 1.87. The van der Waals surface area contributed by atoms with Crippen molar-refractivity contribution in [2.75, 3.05) is 0 Å². The smallest absolute Gasteiger partial charge is 0.229 e. The summed E-state index contributed by atoms with van der Waals surface area (Å²) in [4.78, 5) is 11.6. The molecule has 0 aromatic heterocycles. The van der Waals surface area contributed by atoms with Crippen LogP contribution in [0.4, 0.5) is 0 Å². The summed E-state index contributed by atoms with van der Waals surface area (Å²) in [6.07, 6.45) is 0. The van der Waals surface area contributed by atoms with Gasteiger partial charge in [0.25, 0.3) is 0 Å². The molecule has 2 aromatic rings. The van der Waals surface area contributed by atoms with Crippen LogP contribution >= 0.6 is 0 Å². The van der Waals surface area contributed by atoms with E-state index < -0.39 is 11.8 Å². The first kappa shape index (κ1) is 11.2. The highest BCUT2D eigenvalue weighted by atomic mass is 16.3. The highest BCUT2D eigenvalue weighted by Gasteiger charge is 2.22. The maximum Gasteiger partial charge on any atom is 0.229 e. The van der Waals surface area contributed by atoms with Gasteiger partial charge in [0.05, 0.1) is 5.92 Å². The van der Waals surface area contributed by atoms with Crippen molar-refractivity contribution in [1.82, 2.24) is 0 Å². The molecule has 0 spiro atoms. The molecule has 0 fully saturated rings. The quantitative estimate of drug-likeness (QED) is 0.842. The predicted molar refractivity (Wildman–Crippen MR) is 65.6 cm³/mol. The fraction of sp³-hybridized carbons (Fsp3) is 0.0714. The normalized spacial score (nSPS) is 12.0. The van der Waals surface area contributed by atoms with E-state index in [1.807, 2.05) is 30.3 Å². The number of amides is 1. The van der Waals surface area contributed by atoms with Crippen molar-refractivity contribution in [2.24, 2.45) is 5.73 Å². The van der Waals surface area contributed by atoms with Gasteiger partial charge in [0.15, 0.2) is 0 Å². The molecule has 3 N–H and O–H groups in total. The number of hydrogen-bond acceptors (Lipinski definition) is 2. The molecule has 3 nitrogen and oxygen atoms in total. The molecule has 0 heterocycles. The Balaban J connectivity index is 2.51. The number of phenolic OH excluding ortho intramolecular Hbond substituents is 1. The Morgan fingerprint density at radius 2 is 1.59 bits per heavy atom. The number of nitrogens with two attached hydrogens (primary N) is 1. The number of phenols is 1. The molecule has 2 rings (SSSR count). The van der Waals surface area contributed by atoms with Crippen LogP contribution < -0.4 is 5.73 Å². The zero-order valence-corrected chi connectivity index (χ0v) is 9.21. The second-order valence-corrected chi connectivity index (χ2v) is 3.80. The Morgan fingerprint density at radius 1 is 1.00 bits per heavy atom. The number of para-hydroxylation sites is 1. The first-order valence-electron chi connectivity index (χ1n) is 5.32. The van der Waals surface area contributed by atoms with Crippen LogP contribution in [-0.4, -0.2) is 11.0 Å². The molecule has 86 valence electrons. The zero-order valence-electron chi connectivity index (χ0n) is 9.21. The van der Waals surface area contributed by atoms with Gasteiger partial charge in [-0.1, -0.05) is 48.5 Å². The first-order valence-corrected chi connectivity index (χ1v) is 5.32. The molecule has 3 heteroatoms. The second kappa shape index (κ2) is 4.70. The van der Waals surface area contributed by atoms with E-state index in [2.05, 4.69) is 0 Å². The highest BCUT2D eigenvalue weighted by molar-refractivity contribution is 5.86. The lowest BCUT2D eigenvalue weighted by molar-refractivity contribution is -0.118. The highest BCUT2D eigenvalue weighted by Crippen LogP contribution is 2.30. The molecule has 0 aliphatic rings. The van der Waals surface area contributed by atoms with Gasteiger partial charge >= 0.3 is 0 Å². The van der Waals surface area contributed by atoms with Crippen molar-refractivity contribution in [2.45, 2.75) is 5.92 Å². The minimum atomic E-state index is -0.614. The van der Waals surface area contributed by atoms with E-state index in [1.54, 1.807) is 24.3 Å². The summed E-state index contributed by atoms with van der Waals surface area (Å²) in [7, 11) is 0. The average molecular weight is 227 g/mol. The number of primary amides is 1. The lowest BCUT2D eigenvalue weighted by atomic mass is 9.90. The number of rotatable bonds is 3. The number of hydrogen-bond donors (Lipinski definition) is 2. The fourth-order valence-corrected chi connectivity index (χ4v) is 1.87. The zero-order chi connectivity index (χ0) is 12.3. The molecule has 0 bridgehead atoms. The van der Waals surface area contributed by atoms with Crippen molar-refractivity contribution >= 4 is 5.91 Å². The maximum absolute atomic E-state index is 11.6. The van der Waals surface area contributed by atoms with E-state index in [-0.39, 0.29) is 5.75 Å². The Kier molecular flexibility index (Phi) is 3.10. The molecule has 2 aromatic carbocycles. The van der Waals surface area contributed by atoms with Gasteiger partial charge in [-0.15, -0.1) is 0 Å². The molecule has 0 radical (unpaired) electrons. The summed E-state index contributed by atoms with van der Waals surface area (Å²) in [5.74, 6) is -1.00. The van der Waals surface area contributed by atoms with Crippen LogP contribution in [0.15, 0.2) is 54.6 Å². The molecule has 1 atom stereocenters. The van der Waals surface area contributed by atoms with Crippen LogP contribution in [-0.2, 0) is 4.79 Å². The van der Waals surface area contributed by atoms with Gasteiger partial charge in [0.2, 0.25) is 5.91 Å². The number of carbonyl (C=O) groups is 1. The van der Waals surface area contributed by atoms with Crippen LogP contribution in [0.2, 0.25) is 0 Å². The summed E-state index contributed by atoms with van der Waals surface area (Å²) >= 11 is 0. The van der Waals surface area contributed by atoms with Gasteiger partial charge in [-0.2, -0.15) is 0 Å². The number of aromatic hydroxyl groups is 1. The van der Waals surface area contributed by atoms with Crippen molar-refractivity contribution in [3.63, 3.8) is 0 Å². The molecular weight excluding hydrogens is 214 g/mol. The van der Waals surface area contributed by atoms with E-state index in [0.29, 0.717) is 5.56 Å². The SMILES string of the molecule is NC(=O)C(c1ccccc1)c1ccccc1O. The van der Waals surface area contributed by atoms with Gasteiger partial charge in [-0.05, 0) is 11.6 Å². The van der Waals surface area contributed by atoms with Gasteiger partial charge < -0.3 is 10.8 Å². The van der Waals surface area contributed by atoms with Crippen LogP contribution in [0.1, 0.15) is 17.0 Å². The number of carbonyl (C=O) groups excluding carboxylic acids is 1. The molecule has 0 saturated heterocycles. The third kappa shape index (κ3) is 2.28. The Morgan fingerprint density at radius 3 is 2.18 bits per heavy atom. The molecule has 1 amide bonds. The van der Waals surface area contributed by atoms with Crippen LogP contribution in [0.3, 0.4) is 0 Å². The Labute approximate surface area is 99.5 Å². The third-order valence-corrected chi connectivity index (χ3v) is 2.67. The molecule has 0 aliphatic heterocycles. The minimum absolute atomic E-state index is 0.0835. The number of benzene rings is 2.